The fourth-order valence-corrected chi connectivity index (χ4v) is 1.33. The Morgan fingerprint density at radius 3 is 2.85 bits per heavy atom. The molecule has 0 aliphatic heterocycles. The van der Waals surface area contributed by atoms with Crippen molar-refractivity contribution in [3.8, 4) is 6.07 Å². The largest absolute Gasteiger partial charge is 0.239 e. The first-order chi connectivity index (χ1) is 6.65. The molecule has 0 heterocycles. The van der Waals surface area contributed by atoms with Crippen molar-refractivity contribution in [1.82, 2.24) is 0 Å². The molecule has 2 heteroatoms. The second-order valence-corrected chi connectivity index (χ2v) is 3.40. The Morgan fingerprint density at radius 2 is 2.31 bits per heavy atom. The number of nitrogens with zero attached hydrogens (tertiary/aromatic N) is 1. The van der Waals surface area contributed by atoms with Gasteiger partial charge in [0, 0.05) is 0 Å². The van der Waals surface area contributed by atoms with Gasteiger partial charge in [0.25, 0.3) is 0 Å². The first-order valence-electron chi connectivity index (χ1n) is 4.81. The molecule has 1 aliphatic rings. The van der Waals surface area contributed by atoms with Crippen molar-refractivity contribution >= 4 is 0 Å². The minimum absolute atomic E-state index is 0.221. The molecule has 13 heavy (non-hydrogen) atoms. The first kappa shape index (κ1) is 7.08. The van der Waals surface area contributed by atoms with Crippen LogP contribution in [0.4, 0.5) is 4.39 Å². The maximum Gasteiger partial charge on any atom is 0.136 e. The van der Waals surface area contributed by atoms with E-state index in [0.717, 1.165) is 0 Å². The topological polar surface area (TPSA) is 23.8 Å². The third kappa shape index (κ3) is 1.55. The number of rotatable bonds is 2. The van der Waals surface area contributed by atoms with Crippen molar-refractivity contribution in [2.75, 3.05) is 0 Å². The fourth-order valence-electron chi connectivity index (χ4n) is 1.33. The number of alkyl halides is 1. The van der Waals surface area contributed by atoms with E-state index in [1.54, 1.807) is 18.2 Å². The van der Waals surface area contributed by atoms with Crippen LogP contribution in [0.3, 0.4) is 0 Å². The average molecular weight is 176 g/mol. The molecule has 1 aromatic carbocycles. The predicted octanol–water partition coefficient (Wildman–Crippen LogP) is 2.71. The van der Waals surface area contributed by atoms with Crippen LogP contribution in [0.25, 0.3) is 0 Å². The maximum absolute atomic E-state index is 13.6. The van der Waals surface area contributed by atoms with E-state index in [1.165, 1.54) is 0 Å². The van der Waals surface area contributed by atoms with E-state index < -0.39 is 5.67 Å². The molecule has 1 fully saturated rings. The third-order valence-corrected chi connectivity index (χ3v) is 2.35. The Balaban J connectivity index is 2.32. The molecule has 0 bridgehead atoms. The second kappa shape index (κ2) is 2.85. The Kier molecular flexibility index (Phi) is 1.55. The van der Waals surface area contributed by atoms with Crippen molar-refractivity contribution in [2.45, 2.75) is 24.9 Å². The van der Waals surface area contributed by atoms with E-state index in [4.69, 9.17) is 6.63 Å². The number of halogens is 1. The highest BCUT2D eigenvalue weighted by molar-refractivity contribution is 5.31. The number of benzene rings is 1. The Bertz CT molecular complexity index is 404. The van der Waals surface area contributed by atoms with Gasteiger partial charge < -0.3 is 0 Å². The lowest BCUT2D eigenvalue weighted by Crippen LogP contribution is -1.96. The smallest absolute Gasteiger partial charge is 0.136 e. The zero-order valence-electron chi connectivity index (χ0n) is 8.18. The van der Waals surface area contributed by atoms with Gasteiger partial charge >= 0.3 is 0 Å². The molecule has 0 aromatic heterocycles. The summed E-state index contributed by atoms with van der Waals surface area (Å²) in [5, 5.41) is 8.48. The van der Waals surface area contributed by atoms with Crippen molar-refractivity contribution in [2.24, 2.45) is 0 Å². The van der Waals surface area contributed by atoms with Gasteiger partial charge in [-0.15, -0.1) is 0 Å². The summed E-state index contributed by atoms with van der Waals surface area (Å²) in [5.41, 5.74) is 0.0748. The molecule has 1 nitrogen and oxygen atoms in total. The molecule has 0 spiro atoms. The van der Waals surface area contributed by atoms with Crippen LogP contribution in [0, 0.1) is 11.3 Å². The van der Waals surface area contributed by atoms with Crippen LogP contribution in [0.5, 0.6) is 0 Å². The van der Waals surface area contributed by atoms with Crippen LogP contribution >= 0.6 is 0 Å². The summed E-state index contributed by atoms with van der Waals surface area (Å²) in [6.07, 6.45) is 1.34. The SMILES string of the molecule is [2H]c1cc(C2(F)CC2)ccc1CC#N. The summed E-state index contributed by atoms with van der Waals surface area (Å²) in [6.45, 7) is 0. The van der Waals surface area contributed by atoms with Gasteiger partial charge in [-0.1, -0.05) is 24.2 Å². The third-order valence-electron chi connectivity index (χ3n) is 2.35. The van der Waals surface area contributed by atoms with Gasteiger partial charge in [-0.05, 0) is 24.0 Å². The zero-order chi connectivity index (χ0) is 10.2. The molecule has 0 amide bonds. The Morgan fingerprint density at radius 1 is 1.54 bits per heavy atom. The minimum atomic E-state index is -1.18. The molecule has 66 valence electrons. The van der Waals surface area contributed by atoms with E-state index in [-0.39, 0.29) is 12.5 Å². The normalized spacial score (nSPS) is 18.9. The van der Waals surface area contributed by atoms with Gasteiger partial charge in [-0.3, -0.25) is 0 Å². The lowest BCUT2D eigenvalue weighted by Gasteiger charge is -2.04. The van der Waals surface area contributed by atoms with Crippen molar-refractivity contribution in [3.63, 3.8) is 0 Å². The van der Waals surface area contributed by atoms with Crippen LogP contribution in [0.1, 0.15) is 25.3 Å². The summed E-state index contributed by atoms with van der Waals surface area (Å²) < 4.78 is 21.2. The quantitative estimate of drug-likeness (QED) is 0.679. The summed E-state index contributed by atoms with van der Waals surface area (Å²) in [5.74, 6) is 0. The minimum Gasteiger partial charge on any atom is -0.239 e. The van der Waals surface area contributed by atoms with Crippen LogP contribution in [-0.4, -0.2) is 0 Å². The zero-order valence-corrected chi connectivity index (χ0v) is 7.18. The molecule has 1 saturated carbocycles. The standard InChI is InChI=1S/C11H10FN/c12-11(6-7-11)10-3-1-9(2-4-10)5-8-13/h1-4H,5-7H2/i1D. The van der Waals surface area contributed by atoms with E-state index in [1.807, 2.05) is 6.07 Å². The number of hydrogen-bond acceptors (Lipinski definition) is 1. The fraction of sp³-hybridized carbons (Fsp3) is 0.364. The highest BCUT2D eigenvalue weighted by atomic mass is 19.1. The van der Waals surface area contributed by atoms with E-state index >= 15 is 0 Å². The van der Waals surface area contributed by atoms with Crippen molar-refractivity contribution in [1.29, 1.82) is 5.26 Å². The number of nitriles is 1. The van der Waals surface area contributed by atoms with Gasteiger partial charge in [-0.25, -0.2) is 4.39 Å². The van der Waals surface area contributed by atoms with Crippen LogP contribution in [-0.2, 0) is 12.1 Å². The van der Waals surface area contributed by atoms with Crippen LogP contribution in [0.2, 0.25) is 0 Å². The van der Waals surface area contributed by atoms with Crippen LogP contribution in [0.15, 0.2) is 24.2 Å². The first-order valence-corrected chi connectivity index (χ1v) is 4.31. The maximum atomic E-state index is 13.6. The average Bonchev–Trinajstić information content (AvgIpc) is 2.89. The molecule has 1 aromatic rings. The molecular formula is C11H10FN. The Hall–Kier alpha value is -1.36. The second-order valence-electron chi connectivity index (χ2n) is 3.40. The molecule has 1 aliphatic carbocycles. The van der Waals surface area contributed by atoms with Crippen molar-refractivity contribution in [3.05, 3.63) is 35.4 Å². The van der Waals surface area contributed by atoms with Crippen molar-refractivity contribution < 1.29 is 5.76 Å². The predicted molar refractivity (Wildman–Crippen MR) is 47.8 cm³/mol. The molecule has 0 N–H and O–H groups in total. The molecular weight excluding hydrogens is 165 g/mol. The molecule has 0 saturated heterocycles. The van der Waals surface area contributed by atoms with E-state index in [2.05, 4.69) is 0 Å². The lowest BCUT2D eigenvalue weighted by atomic mass is 10.1. The number of hydrogen-bond donors (Lipinski definition) is 0. The Labute approximate surface area is 78.2 Å². The summed E-state index contributed by atoms with van der Waals surface area (Å²) in [6, 6.07) is 7.17. The van der Waals surface area contributed by atoms with Gasteiger partial charge in [0.1, 0.15) is 5.67 Å². The van der Waals surface area contributed by atoms with Crippen LogP contribution < -0.4 is 0 Å². The summed E-state index contributed by atoms with van der Waals surface area (Å²) in [4.78, 5) is 0. The van der Waals surface area contributed by atoms with E-state index in [0.29, 0.717) is 24.0 Å². The van der Waals surface area contributed by atoms with Gasteiger partial charge in [0.15, 0.2) is 0 Å². The monoisotopic (exact) mass is 176 g/mol. The van der Waals surface area contributed by atoms with E-state index in [9.17, 15) is 4.39 Å². The highest BCUT2D eigenvalue weighted by Gasteiger charge is 2.44. The van der Waals surface area contributed by atoms with Gasteiger partial charge in [-0.2, -0.15) is 5.26 Å². The lowest BCUT2D eigenvalue weighted by molar-refractivity contribution is 0.317. The van der Waals surface area contributed by atoms with Gasteiger partial charge in [0.2, 0.25) is 0 Å². The molecule has 0 radical (unpaired) electrons. The highest BCUT2D eigenvalue weighted by Crippen LogP contribution is 2.49. The molecule has 0 atom stereocenters. The summed E-state index contributed by atoms with van der Waals surface area (Å²) in [7, 11) is 0. The molecule has 2 rings (SSSR count). The molecule has 0 unspecified atom stereocenters. The summed E-state index contributed by atoms with van der Waals surface area (Å²) >= 11 is 0. The van der Waals surface area contributed by atoms with Gasteiger partial charge in [0.05, 0.1) is 13.9 Å².